The Morgan fingerprint density at radius 2 is 1.95 bits per heavy atom. The first kappa shape index (κ1) is 15.4. The van der Waals surface area contributed by atoms with E-state index in [1.807, 2.05) is 0 Å². The molecule has 114 valence electrons. The smallest absolute Gasteiger partial charge is 0.296 e. The molecule has 0 spiro atoms. The van der Waals surface area contributed by atoms with Gasteiger partial charge < -0.3 is 14.8 Å². The third kappa shape index (κ3) is 3.18. The Morgan fingerprint density at radius 3 is 2.48 bits per heavy atom. The second-order valence-electron chi connectivity index (χ2n) is 5.24. The van der Waals surface area contributed by atoms with Crippen molar-refractivity contribution in [2.45, 2.75) is 13.8 Å². The maximum Gasteiger partial charge on any atom is 0.296 e. The first-order valence-corrected chi connectivity index (χ1v) is 6.84. The lowest BCUT2D eigenvalue weighted by molar-refractivity contribution is -0.384. The van der Waals surface area contributed by atoms with Crippen LogP contribution in [0, 0.1) is 15.5 Å². The third-order valence-electron chi connectivity index (χ3n) is 3.05. The number of nitrogens with one attached hydrogen (secondary N) is 1. The molecule has 1 N–H and O–H groups in total. The van der Waals surface area contributed by atoms with E-state index in [2.05, 4.69) is 5.32 Å². The number of ether oxygens (including phenoxy) is 2. The number of alkyl halides is 1. The van der Waals surface area contributed by atoms with Gasteiger partial charge in [-0.05, 0) is 13.8 Å². The highest BCUT2D eigenvalue weighted by molar-refractivity contribution is 6.20. The number of carbonyl (C=O) groups excluding carboxylic acids is 1. The van der Waals surface area contributed by atoms with E-state index >= 15 is 0 Å². The predicted molar refractivity (Wildman–Crippen MR) is 77.2 cm³/mol. The molecule has 0 saturated heterocycles. The fourth-order valence-corrected chi connectivity index (χ4v) is 1.80. The molecule has 2 rings (SSSR count). The van der Waals surface area contributed by atoms with Crippen LogP contribution in [0.3, 0.4) is 0 Å². The maximum absolute atomic E-state index is 12.1. The molecule has 1 aliphatic rings. The number of carbonyl (C=O) groups is 1. The molecule has 0 saturated carbocycles. The molecule has 1 aromatic rings. The molecular formula is C13H15ClN2O5. The van der Waals surface area contributed by atoms with E-state index in [9.17, 15) is 14.9 Å². The Morgan fingerprint density at radius 1 is 1.38 bits per heavy atom. The fraction of sp³-hybridized carbons (Fsp3) is 0.462. The van der Waals surface area contributed by atoms with Crippen LogP contribution in [0.4, 0.5) is 11.4 Å². The summed E-state index contributed by atoms with van der Waals surface area (Å²) in [6, 6.07) is 2.65. The van der Waals surface area contributed by atoms with Gasteiger partial charge in [-0.2, -0.15) is 0 Å². The zero-order valence-corrected chi connectivity index (χ0v) is 12.4. The topological polar surface area (TPSA) is 90.7 Å². The molecule has 0 aromatic heterocycles. The van der Waals surface area contributed by atoms with Gasteiger partial charge in [-0.15, -0.1) is 11.6 Å². The molecule has 0 aliphatic carbocycles. The van der Waals surface area contributed by atoms with Gasteiger partial charge in [-0.1, -0.05) is 0 Å². The van der Waals surface area contributed by atoms with E-state index in [1.165, 1.54) is 12.1 Å². The summed E-state index contributed by atoms with van der Waals surface area (Å²) >= 11 is 5.73. The first-order chi connectivity index (χ1) is 9.85. The largest absolute Gasteiger partial charge is 0.486 e. The predicted octanol–water partition coefficient (Wildman–Crippen LogP) is 2.57. The van der Waals surface area contributed by atoms with Crippen LogP contribution in [0.15, 0.2) is 12.1 Å². The molecule has 1 amide bonds. The van der Waals surface area contributed by atoms with Crippen molar-refractivity contribution >= 4 is 28.9 Å². The van der Waals surface area contributed by atoms with Gasteiger partial charge in [-0.25, -0.2) is 0 Å². The lowest BCUT2D eigenvalue weighted by Gasteiger charge is -2.22. The first-order valence-electron chi connectivity index (χ1n) is 6.30. The normalized spacial score (nSPS) is 13.7. The van der Waals surface area contributed by atoms with Crippen LogP contribution >= 0.6 is 11.6 Å². The van der Waals surface area contributed by atoms with E-state index in [0.717, 1.165) is 0 Å². The zero-order valence-electron chi connectivity index (χ0n) is 11.6. The molecule has 8 heteroatoms. The van der Waals surface area contributed by atoms with Crippen molar-refractivity contribution in [3.8, 4) is 11.5 Å². The van der Waals surface area contributed by atoms with Gasteiger partial charge in [0.15, 0.2) is 11.5 Å². The summed E-state index contributed by atoms with van der Waals surface area (Å²) in [6.45, 7) is 3.98. The molecule has 21 heavy (non-hydrogen) atoms. The summed E-state index contributed by atoms with van der Waals surface area (Å²) in [5.74, 6) is 0.350. The summed E-state index contributed by atoms with van der Waals surface area (Å²) in [5, 5.41) is 13.7. The van der Waals surface area contributed by atoms with E-state index in [0.29, 0.717) is 24.7 Å². The lowest BCUT2D eigenvalue weighted by atomic mass is 9.95. The standard InChI is InChI=1S/C13H15ClN2O5/c1-13(2,7-14)12(17)15-8-5-10-11(21-4-3-20-10)6-9(8)16(18)19/h5-6H,3-4,7H2,1-2H3,(H,15,17). The van der Waals surface area contributed by atoms with Crippen LogP contribution in [0.5, 0.6) is 11.5 Å². The van der Waals surface area contributed by atoms with Crippen molar-refractivity contribution in [3.05, 3.63) is 22.2 Å². The second kappa shape index (κ2) is 5.77. The van der Waals surface area contributed by atoms with Crippen molar-refractivity contribution in [3.63, 3.8) is 0 Å². The van der Waals surface area contributed by atoms with Gasteiger partial charge in [-0.3, -0.25) is 14.9 Å². The van der Waals surface area contributed by atoms with E-state index in [-0.39, 0.29) is 17.3 Å². The number of amides is 1. The van der Waals surface area contributed by atoms with Gasteiger partial charge in [0.05, 0.1) is 16.4 Å². The number of halogens is 1. The summed E-state index contributed by atoms with van der Waals surface area (Å²) in [5.41, 5.74) is -1.03. The lowest BCUT2D eigenvalue weighted by Crippen LogP contribution is -2.32. The van der Waals surface area contributed by atoms with Crippen LogP contribution in [0.1, 0.15) is 13.8 Å². The Kier molecular flexibility index (Phi) is 4.22. The van der Waals surface area contributed by atoms with Crippen LogP contribution in [0.2, 0.25) is 0 Å². The van der Waals surface area contributed by atoms with Crippen molar-refractivity contribution in [1.82, 2.24) is 0 Å². The average molecular weight is 315 g/mol. The van der Waals surface area contributed by atoms with Crippen molar-refractivity contribution in [2.24, 2.45) is 5.41 Å². The number of anilines is 1. The highest BCUT2D eigenvalue weighted by atomic mass is 35.5. The van der Waals surface area contributed by atoms with Gasteiger partial charge in [0.25, 0.3) is 5.69 Å². The van der Waals surface area contributed by atoms with Crippen LogP contribution in [-0.4, -0.2) is 29.9 Å². The minimum Gasteiger partial charge on any atom is -0.486 e. The van der Waals surface area contributed by atoms with Crippen molar-refractivity contribution in [1.29, 1.82) is 0 Å². The quantitative estimate of drug-likeness (QED) is 0.524. The van der Waals surface area contributed by atoms with Crippen molar-refractivity contribution in [2.75, 3.05) is 24.4 Å². The van der Waals surface area contributed by atoms with Gasteiger partial charge in [0.2, 0.25) is 5.91 Å². The number of rotatable bonds is 4. The minimum absolute atomic E-state index is 0.0624. The number of nitro benzene ring substituents is 1. The molecule has 1 aliphatic heterocycles. The molecule has 0 radical (unpaired) electrons. The van der Waals surface area contributed by atoms with Crippen LogP contribution in [-0.2, 0) is 4.79 Å². The number of hydrogen-bond acceptors (Lipinski definition) is 5. The Hall–Kier alpha value is -2.02. The molecule has 0 unspecified atom stereocenters. The number of nitro groups is 1. The summed E-state index contributed by atoms with van der Waals surface area (Å²) < 4.78 is 10.7. The van der Waals surface area contributed by atoms with E-state index in [4.69, 9.17) is 21.1 Å². The Bertz CT molecular complexity index is 588. The minimum atomic E-state index is -0.845. The van der Waals surface area contributed by atoms with Crippen molar-refractivity contribution < 1.29 is 19.2 Å². The van der Waals surface area contributed by atoms with E-state index in [1.54, 1.807) is 13.8 Å². The Labute approximate surface area is 126 Å². The zero-order chi connectivity index (χ0) is 15.6. The second-order valence-corrected chi connectivity index (χ2v) is 5.51. The van der Waals surface area contributed by atoms with Gasteiger partial charge in [0, 0.05) is 11.9 Å². The van der Waals surface area contributed by atoms with Gasteiger partial charge in [0.1, 0.15) is 18.9 Å². The monoisotopic (exact) mass is 314 g/mol. The fourth-order valence-electron chi connectivity index (χ4n) is 1.68. The molecule has 0 fully saturated rings. The summed E-state index contributed by atoms with van der Waals surface area (Å²) in [7, 11) is 0. The molecule has 0 bridgehead atoms. The molecule has 0 atom stereocenters. The molecule has 7 nitrogen and oxygen atoms in total. The molecule has 1 aromatic carbocycles. The van der Waals surface area contributed by atoms with Gasteiger partial charge >= 0.3 is 0 Å². The van der Waals surface area contributed by atoms with Crippen LogP contribution < -0.4 is 14.8 Å². The number of hydrogen-bond donors (Lipinski definition) is 1. The number of fused-ring (bicyclic) bond motifs is 1. The number of nitrogens with zero attached hydrogens (tertiary/aromatic N) is 1. The highest BCUT2D eigenvalue weighted by Crippen LogP contribution is 2.39. The third-order valence-corrected chi connectivity index (χ3v) is 3.72. The SMILES string of the molecule is CC(C)(CCl)C(=O)Nc1cc2c(cc1[N+](=O)[O-])OCCO2. The van der Waals surface area contributed by atoms with Crippen LogP contribution in [0.25, 0.3) is 0 Å². The summed E-state index contributed by atoms with van der Waals surface area (Å²) in [6.07, 6.45) is 0. The number of benzene rings is 1. The molecule has 1 heterocycles. The highest BCUT2D eigenvalue weighted by Gasteiger charge is 2.30. The van der Waals surface area contributed by atoms with E-state index < -0.39 is 16.2 Å². The molecular weight excluding hydrogens is 300 g/mol. The Balaban J connectivity index is 2.38. The maximum atomic E-state index is 12.1. The average Bonchev–Trinajstić information content (AvgIpc) is 2.46. The summed E-state index contributed by atoms with van der Waals surface area (Å²) in [4.78, 5) is 22.7.